The first kappa shape index (κ1) is 16.3. The highest BCUT2D eigenvalue weighted by Gasteiger charge is 2.13. The minimum atomic E-state index is 0.328. The van der Waals surface area contributed by atoms with Crippen molar-refractivity contribution in [3.8, 4) is 0 Å². The van der Waals surface area contributed by atoms with Crippen LogP contribution >= 0.6 is 15.9 Å². The molecule has 1 nitrogen and oxygen atoms in total. The summed E-state index contributed by atoms with van der Waals surface area (Å²) in [5.74, 6) is 0. The van der Waals surface area contributed by atoms with E-state index in [0.717, 1.165) is 4.47 Å². The van der Waals surface area contributed by atoms with Crippen molar-refractivity contribution in [1.29, 1.82) is 0 Å². The molecule has 21 heavy (non-hydrogen) atoms. The maximum Gasteiger partial charge on any atom is 0.0300 e. The summed E-state index contributed by atoms with van der Waals surface area (Å²) in [6.07, 6.45) is 0. The predicted molar refractivity (Wildman–Crippen MR) is 94.8 cm³/mol. The molecule has 0 aromatic heterocycles. The highest BCUT2D eigenvalue weighted by Crippen LogP contribution is 2.25. The predicted octanol–water partition coefficient (Wildman–Crippen LogP) is 5.79. The third-order valence-corrected chi connectivity index (χ3v) is 4.75. The Bertz CT molecular complexity index is 616. The second kappa shape index (κ2) is 6.76. The quantitative estimate of drug-likeness (QED) is 0.739. The Hall–Kier alpha value is -1.12. The Kier molecular flexibility index (Phi) is 5.23. The highest BCUT2D eigenvalue weighted by atomic mass is 79.9. The van der Waals surface area contributed by atoms with Crippen molar-refractivity contribution < 1.29 is 0 Å². The number of rotatable bonds is 4. The van der Waals surface area contributed by atoms with Crippen LogP contribution in [0.1, 0.15) is 53.7 Å². The Morgan fingerprint density at radius 3 is 2.00 bits per heavy atom. The van der Waals surface area contributed by atoms with E-state index in [2.05, 4.69) is 92.3 Å². The van der Waals surface area contributed by atoms with E-state index in [-0.39, 0.29) is 0 Å². The fourth-order valence-corrected chi connectivity index (χ4v) is 3.03. The molecule has 112 valence electrons. The normalized spacial score (nSPS) is 14.0. The van der Waals surface area contributed by atoms with E-state index in [4.69, 9.17) is 0 Å². The van der Waals surface area contributed by atoms with Crippen molar-refractivity contribution in [3.63, 3.8) is 0 Å². The number of benzene rings is 2. The van der Waals surface area contributed by atoms with Crippen molar-refractivity contribution in [2.45, 2.75) is 46.7 Å². The second-order valence-corrected chi connectivity index (χ2v) is 6.87. The molecule has 0 bridgehead atoms. The summed E-state index contributed by atoms with van der Waals surface area (Å²) in [5, 5.41) is 3.70. The minimum absolute atomic E-state index is 0.328. The van der Waals surface area contributed by atoms with Crippen molar-refractivity contribution in [2.24, 2.45) is 0 Å². The van der Waals surface area contributed by atoms with Gasteiger partial charge in [0.05, 0.1) is 0 Å². The van der Waals surface area contributed by atoms with Crippen LogP contribution in [0.3, 0.4) is 0 Å². The van der Waals surface area contributed by atoms with Crippen LogP contribution in [0.25, 0.3) is 0 Å². The monoisotopic (exact) mass is 345 g/mol. The molecule has 0 fully saturated rings. The zero-order chi connectivity index (χ0) is 15.6. The Morgan fingerprint density at radius 1 is 0.810 bits per heavy atom. The van der Waals surface area contributed by atoms with E-state index in [1.165, 1.54) is 27.8 Å². The van der Waals surface area contributed by atoms with Gasteiger partial charge in [0.25, 0.3) is 0 Å². The summed E-state index contributed by atoms with van der Waals surface area (Å²) >= 11 is 3.49. The lowest BCUT2D eigenvalue weighted by atomic mass is 9.95. The molecule has 0 spiro atoms. The summed E-state index contributed by atoms with van der Waals surface area (Å²) in [6, 6.07) is 13.8. The molecule has 0 heterocycles. The van der Waals surface area contributed by atoms with Gasteiger partial charge in [-0.25, -0.2) is 0 Å². The summed E-state index contributed by atoms with van der Waals surface area (Å²) in [4.78, 5) is 0. The van der Waals surface area contributed by atoms with Gasteiger partial charge in [-0.1, -0.05) is 40.2 Å². The fourth-order valence-electron chi connectivity index (χ4n) is 2.76. The van der Waals surface area contributed by atoms with Gasteiger partial charge < -0.3 is 5.32 Å². The van der Waals surface area contributed by atoms with Crippen molar-refractivity contribution >= 4 is 15.9 Å². The Morgan fingerprint density at radius 2 is 1.38 bits per heavy atom. The molecular formula is C19H24BrN. The van der Waals surface area contributed by atoms with E-state index in [1.807, 2.05) is 0 Å². The molecule has 1 unspecified atom stereocenters. The molecule has 0 saturated carbocycles. The first-order valence-corrected chi connectivity index (χ1v) is 8.27. The van der Waals surface area contributed by atoms with Gasteiger partial charge in [-0.05, 0) is 74.6 Å². The highest BCUT2D eigenvalue weighted by molar-refractivity contribution is 9.10. The summed E-state index contributed by atoms with van der Waals surface area (Å²) in [6.45, 7) is 11.0. The van der Waals surface area contributed by atoms with Gasteiger partial charge in [-0.2, -0.15) is 0 Å². The average molecular weight is 346 g/mol. The maximum absolute atomic E-state index is 3.70. The van der Waals surface area contributed by atoms with Crippen LogP contribution in [0.4, 0.5) is 0 Å². The largest absolute Gasteiger partial charge is 0.304 e. The van der Waals surface area contributed by atoms with Gasteiger partial charge in [-0.3, -0.25) is 0 Å². The Balaban J connectivity index is 2.15. The molecule has 1 N–H and O–H groups in total. The van der Waals surface area contributed by atoms with Crippen LogP contribution in [0.15, 0.2) is 40.9 Å². The van der Waals surface area contributed by atoms with Crippen LogP contribution < -0.4 is 5.32 Å². The standard InChI is InChI=1S/C19H24BrN/c1-12-10-14(3)19(11-13(12)2)16(5)21-15(4)17-6-8-18(20)9-7-17/h6-11,15-16,21H,1-5H3/t15-,16?/m1/s1. The van der Waals surface area contributed by atoms with Gasteiger partial charge >= 0.3 is 0 Å². The smallest absolute Gasteiger partial charge is 0.0300 e. The van der Waals surface area contributed by atoms with Gasteiger partial charge in [0.2, 0.25) is 0 Å². The molecule has 0 amide bonds. The lowest BCUT2D eigenvalue weighted by Gasteiger charge is -2.23. The molecular weight excluding hydrogens is 322 g/mol. The molecule has 0 aliphatic heterocycles. The summed E-state index contributed by atoms with van der Waals surface area (Å²) in [5.41, 5.74) is 6.79. The summed E-state index contributed by atoms with van der Waals surface area (Å²) < 4.78 is 1.12. The van der Waals surface area contributed by atoms with Crippen LogP contribution in [0, 0.1) is 20.8 Å². The van der Waals surface area contributed by atoms with E-state index in [1.54, 1.807) is 0 Å². The van der Waals surface area contributed by atoms with Gasteiger partial charge in [-0.15, -0.1) is 0 Å². The van der Waals surface area contributed by atoms with Crippen LogP contribution in [-0.4, -0.2) is 0 Å². The van der Waals surface area contributed by atoms with E-state index in [9.17, 15) is 0 Å². The lowest BCUT2D eigenvalue weighted by molar-refractivity contribution is 0.493. The van der Waals surface area contributed by atoms with E-state index < -0.39 is 0 Å². The SMILES string of the molecule is Cc1cc(C)c(C(C)N[C@H](C)c2ccc(Br)cc2)cc1C. The van der Waals surface area contributed by atoms with E-state index >= 15 is 0 Å². The van der Waals surface area contributed by atoms with Gasteiger partial charge in [0.15, 0.2) is 0 Å². The minimum Gasteiger partial charge on any atom is -0.304 e. The zero-order valence-electron chi connectivity index (χ0n) is 13.5. The van der Waals surface area contributed by atoms with Crippen molar-refractivity contribution in [2.75, 3.05) is 0 Å². The van der Waals surface area contributed by atoms with Crippen LogP contribution in [-0.2, 0) is 0 Å². The summed E-state index contributed by atoms with van der Waals surface area (Å²) in [7, 11) is 0. The van der Waals surface area contributed by atoms with Gasteiger partial charge in [0.1, 0.15) is 0 Å². The van der Waals surface area contributed by atoms with Gasteiger partial charge in [0, 0.05) is 16.6 Å². The zero-order valence-corrected chi connectivity index (χ0v) is 15.1. The number of halogens is 1. The van der Waals surface area contributed by atoms with E-state index in [0.29, 0.717) is 12.1 Å². The number of aryl methyl sites for hydroxylation is 3. The third-order valence-electron chi connectivity index (χ3n) is 4.22. The van der Waals surface area contributed by atoms with Crippen molar-refractivity contribution in [3.05, 3.63) is 68.7 Å². The number of hydrogen-bond donors (Lipinski definition) is 1. The third kappa shape index (κ3) is 3.96. The molecule has 2 aromatic rings. The molecule has 2 heteroatoms. The van der Waals surface area contributed by atoms with Crippen molar-refractivity contribution in [1.82, 2.24) is 5.32 Å². The molecule has 2 rings (SSSR count). The second-order valence-electron chi connectivity index (χ2n) is 5.95. The molecule has 2 aromatic carbocycles. The van der Waals surface area contributed by atoms with Crippen LogP contribution in [0.5, 0.6) is 0 Å². The molecule has 0 radical (unpaired) electrons. The first-order chi connectivity index (χ1) is 9.88. The number of nitrogens with one attached hydrogen (secondary N) is 1. The first-order valence-electron chi connectivity index (χ1n) is 7.47. The Labute approximate surface area is 136 Å². The topological polar surface area (TPSA) is 12.0 Å². The average Bonchev–Trinajstić information content (AvgIpc) is 2.43. The molecule has 2 atom stereocenters. The lowest BCUT2D eigenvalue weighted by Crippen LogP contribution is -2.23. The number of hydrogen-bond acceptors (Lipinski definition) is 1. The maximum atomic E-state index is 3.70. The molecule has 0 saturated heterocycles. The fraction of sp³-hybridized carbons (Fsp3) is 0.368. The molecule has 0 aliphatic rings. The van der Waals surface area contributed by atoms with Crippen LogP contribution in [0.2, 0.25) is 0 Å². The molecule has 0 aliphatic carbocycles.